The first-order chi connectivity index (χ1) is 9.65. The lowest BCUT2D eigenvalue weighted by Crippen LogP contribution is -2.36. The maximum absolute atomic E-state index is 13.9. The minimum atomic E-state index is -0.392. The quantitative estimate of drug-likeness (QED) is 0.840. The number of hydrogen-bond donors (Lipinski definition) is 0. The molecule has 1 aliphatic heterocycles. The molecule has 1 aliphatic rings. The summed E-state index contributed by atoms with van der Waals surface area (Å²) in [5, 5.41) is 0. The number of ether oxygens (including phenoxy) is 1. The molecule has 0 amide bonds. The van der Waals surface area contributed by atoms with E-state index in [0.717, 1.165) is 18.8 Å². The molecular formula is C13H14BrFN4O. The number of imidazole rings is 1. The van der Waals surface area contributed by atoms with Crippen molar-refractivity contribution in [1.82, 2.24) is 19.4 Å². The molecule has 1 atom stereocenters. The van der Waals surface area contributed by atoms with Crippen molar-refractivity contribution in [2.75, 3.05) is 26.8 Å². The van der Waals surface area contributed by atoms with Crippen molar-refractivity contribution in [3.63, 3.8) is 0 Å². The van der Waals surface area contributed by atoms with Crippen molar-refractivity contribution in [3.8, 4) is 5.82 Å². The molecule has 7 heteroatoms. The fraction of sp³-hybridized carbons (Fsp3) is 0.385. The molecule has 3 rings (SSSR count). The van der Waals surface area contributed by atoms with E-state index < -0.39 is 5.82 Å². The van der Waals surface area contributed by atoms with Crippen molar-refractivity contribution in [1.29, 1.82) is 0 Å². The van der Waals surface area contributed by atoms with Crippen molar-refractivity contribution in [2.45, 2.75) is 6.04 Å². The Hall–Kier alpha value is -1.31. The Labute approximate surface area is 124 Å². The van der Waals surface area contributed by atoms with E-state index in [-0.39, 0.29) is 11.9 Å². The van der Waals surface area contributed by atoms with Crippen LogP contribution in [0.25, 0.3) is 5.82 Å². The molecule has 0 aliphatic carbocycles. The van der Waals surface area contributed by atoms with Crippen LogP contribution < -0.4 is 0 Å². The van der Waals surface area contributed by atoms with Gasteiger partial charge in [0.05, 0.1) is 24.9 Å². The van der Waals surface area contributed by atoms with Gasteiger partial charge in [0.25, 0.3) is 0 Å². The SMILES string of the molecule is CN1CCOCC1c1cn(-c2ncc(Br)cc2F)cn1. The van der Waals surface area contributed by atoms with Crippen LogP contribution in [-0.4, -0.2) is 46.2 Å². The summed E-state index contributed by atoms with van der Waals surface area (Å²) in [7, 11) is 2.03. The summed E-state index contributed by atoms with van der Waals surface area (Å²) in [5.41, 5.74) is 0.858. The number of nitrogens with zero attached hydrogens (tertiary/aromatic N) is 4. The van der Waals surface area contributed by atoms with E-state index in [4.69, 9.17) is 4.74 Å². The van der Waals surface area contributed by atoms with E-state index >= 15 is 0 Å². The predicted molar refractivity (Wildman–Crippen MR) is 75.2 cm³/mol. The lowest BCUT2D eigenvalue weighted by Gasteiger charge is -2.31. The smallest absolute Gasteiger partial charge is 0.174 e. The van der Waals surface area contributed by atoms with Crippen LogP contribution in [-0.2, 0) is 4.74 Å². The first-order valence-corrected chi connectivity index (χ1v) is 7.08. The molecule has 3 heterocycles. The summed E-state index contributed by atoms with van der Waals surface area (Å²) < 4.78 is 21.6. The van der Waals surface area contributed by atoms with Crippen LogP contribution in [0.5, 0.6) is 0 Å². The number of rotatable bonds is 2. The van der Waals surface area contributed by atoms with Crippen molar-refractivity contribution in [3.05, 3.63) is 40.8 Å². The number of halogens is 2. The third-order valence-corrected chi connectivity index (χ3v) is 3.81. The molecule has 5 nitrogen and oxygen atoms in total. The third kappa shape index (κ3) is 2.61. The zero-order valence-electron chi connectivity index (χ0n) is 11.0. The molecule has 1 fully saturated rings. The molecule has 106 valence electrons. The molecule has 1 unspecified atom stereocenters. The van der Waals surface area contributed by atoms with E-state index in [1.165, 1.54) is 6.07 Å². The van der Waals surface area contributed by atoms with Crippen LogP contribution in [0.2, 0.25) is 0 Å². The van der Waals surface area contributed by atoms with E-state index in [0.29, 0.717) is 11.1 Å². The van der Waals surface area contributed by atoms with Gasteiger partial charge in [-0.2, -0.15) is 0 Å². The maximum Gasteiger partial charge on any atom is 0.174 e. The van der Waals surface area contributed by atoms with E-state index in [1.54, 1.807) is 23.3 Å². The highest BCUT2D eigenvalue weighted by atomic mass is 79.9. The summed E-state index contributed by atoms with van der Waals surface area (Å²) in [4.78, 5) is 10.6. The molecule has 2 aromatic heterocycles. The molecule has 0 spiro atoms. The zero-order valence-corrected chi connectivity index (χ0v) is 12.5. The van der Waals surface area contributed by atoms with Gasteiger partial charge < -0.3 is 4.74 Å². The van der Waals surface area contributed by atoms with Crippen LogP contribution in [0.15, 0.2) is 29.3 Å². The summed E-state index contributed by atoms with van der Waals surface area (Å²) in [6, 6.07) is 1.49. The molecule has 0 bridgehead atoms. The lowest BCUT2D eigenvalue weighted by atomic mass is 10.2. The standard InChI is InChI=1S/C13H14BrFN4O/c1-18-2-3-20-7-12(18)11-6-19(8-17-11)13-10(15)4-9(14)5-16-13/h4-6,8,12H,2-3,7H2,1H3. The first kappa shape index (κ1) is 13.7. The minimum absolute atomic E-state index is 0.100. The molecule has 0 radical (unpaired) electrons. The molecular weight excluding hydrogens is 327 g/mol. The van der Waals surface area contributed by atoms with Gasteiger partial charge in [-0.15, -0.1) is 0 Å². The fourth-order valence-electron chi connectivity index (χ4n) is 2.22. The third-order valence-electron chi connectivity index (χ3n) is 3.37. The van der Waals surface area contributed by atoms with Gasteiger partial charge in [-0.1, -0.05) is 0 Å². The Morgan fingerprint density at radius 2 is 2.30 bits per heavy atom. The topological polar surface area (TPSA) is 43.2 Å². The van der Waals surface area contributed by atoms with Crippen LogP contribution in [0.1, 0.15) is 11.7 Å². The number of likely N-dealkylation sites (N-methyl/N-ethyl adjacent to an activating group) is 1. The number of pyridine rings is 1. The fourth-order valence-corrected chi connectivity index (χ4v) is 2.52. The second-order valence-electron chi connectivity index (χ2n) is 4.74. The van der Waals surface area contributed by atoms with Gasteiger partial charge in [0.15, 0.2) is 11.6 Å². The van der Waals surface area contributed by atoms with Crippen LogP contribution in [0, 0.1) is 5.82 Å². The van der Waals surface area contributed by atoms with Gasteiger partial charge in [0, 0.05) is 23.4 Å². The van der Waals surface area contributed by atoms with Gasteiger partial charge >= 0.3 is 0 Å². The van der Waals surface area contributed by atoms with Gasteiger partial charge in [0.2, 0.25) is 0 Å². The summed E-state index contributed by atoms with van der Waals surface area (Å²) >= 11 is 3.19. The number of morpholine rings is 1. The van der Waals surface area contributed by atoms with Crippen molar-refractivity contribution >= 4 is 15.9 Å². The maximum atomic E-state index is 13.9. The van der Waals surface area contributed by atoms with Crippen LogP contribution in [0.3, 0.4) is 0 Å². The van der Waals surface area contributed by atoms with Gasteiger partial charge in [0.1, 0.15) is 6.33 Å². The predicted octanol–water partition coefficient (Wildman–Crippen LogP) is 2.17. The zero-order chi connectivity index (χ0) is 14.1. The highest BCUT2D eigenvalue weighted by Crippen LogP contribution is 2.22. The Kier molecular flexibility index (Phi) is 3.82. The van der Waals surface area contributed by atoms with E-state index in [9.17, 15) is 4.39 Å². The molecule has 0 N–H and O–H groups in total. The normalized spacial score (nSPS) is 20.2. The molecule has 1 saturated heterocycles. The second kappa shape index (κ2) is 5.59. The molecule has 2 aromatic rings. The van der Waals surface area contributed by atoms with Gasteiger partial charge in [-0.3, -0.25) is 9.47 Å². The molecule has 0 aromatic carbocycles. The Balaban J connectivity index is 1.89. The highest BCUT2D eigenvalue weighted by molar-refractivity contribution is 9.10. The second-order valence-corrected chi connectivity index (χ2v) is 5.65. The van der Waals surface area contributed by atoms with Crippen LogP contribution in [0.4, 0.5) is 4.39 Å². The monoisotopic (exact) mass is 340 g/mol. The van der Waals surface area contributed by atoms with Gasteiger partial charge in [-0.05, 0) is 29.0 Å². The van der Waals surface area contributed by atoms with Crippen molar-refractivity contribution < 1.29 is 9.13 Å². The van der Waals surface area contributed by atoms with E-state index in [2.05, 4.69) is 30.8 Å². The summed E-state index contributed by atoms with van der Waals surface area (Å²) in [6.45, 7) is 2.20. The average molecular weight is 341 g/mol. The van der Waals surface area contributed by atoms with Gasteiger partial charge in [-0.25, -0.2) is 14.4 Å². The van der Waals surface area contributed by atoms with E-state index in [1.807, 2.05) is 7.05 Å². The molecule has 0 saturated carbocycles. The van der Waals surface area contributed by atoms with Crippen molar-refractivity contribution in [2.24, 2.45) is 0 Å². The summed E-state index contributed by atoms with van der Waals surface area (Å²) in [6.07, 6.45) is 4.94. The average Bonchev–Trinajstić information content (AvgIpc) is 2.88. The Morgan fingerprint density at radius 1 is 1.45 bits per heavy atom. The lowest BCUT2D eigenvalue weighted by molar-refractivity contribution is 0.00364. The first-order valence-electron chi connectivity index (χ1n) is 6.28. The largest absolute Gasteiger partial charge is 0.378 e. The minimum Gasteiger partial charge on any atom is -0.378 e. The Morgan fingerprint density at radius 3 is 3.05 bits per heavy atom. The molecule has 20 heavy (non-hydrogen) atoms. The Bertz CT molecular complexity index is 618. The number of aromatic nitrogens is 3. The number of hydrogen-bond acceptors (Lipinski definition) is 4. The van der Waals surface area contributed by atoms with Crippen LogP contribution >= 0.6 is 15.9 Å². The summed E-state index contributed by atoms with van der Waals surface area (Å²) in [5.74, 6) is -0.150. The highest BCUT2D eigenvalue weighted by Gasteiger charge is 2.23.